The van der Waals surface area contributed by atoms with Crippen LogP contribution in [0, 0.1) is 0 Å². The Morgan fingerprint density at radius 2 is 1.71 bits per heavy atom. The monoisotopic (exact) mass is 390 g/mol. The zero-order valence-corrected chi connectivity index (χ0v) is 15.8. The minimum Gasteiger partial charge on any atom is -0.489 e. The molecule has 0 aliphatic heterocycles. The predicted molar refractivity (Wildman–Crippen MR) is 103 cm³/mol. The lowest BCUT2D eigenvalue weighted by Gasteiger charge is -2.23. The number of rotatable bonds is 4. The summed E-state index contributed by atoms with van der Waals surface area (Å²) in [6.07, 6.45) is -1.06. The summed E-state index contributed by atoms with van der Waals surface area (Å²) in [6, 6.07) is 14.8. The standard InChI is InChI=1S/C20H20BF3NO3/c1-20(2,3)28-19(26)25-17-10-9-16(27-13-14-7-5-4-6-8-14)11-15(17)12-18(25)21(22,23)24/h4-12H,13H2,1-3H3/q-1. The number of ether oxygens (including phenoxy) is 2. The lowest BCUT2D eigenvalue weighted by molar-refractivity contribution is 0.0547. The Morgan fingerprint density at radius 1 is 1.04 bits per heavy atom. The van der Waals surface area contributed by atoms with Crippen LogP contribution in [0.3, 0.4) is 0 Å². The third-order valence-electron chi connectivity index (χ3n) is 3.96. The average molecular weight is 390 g/mol. The molecule has 1 heterocycles. The van der Waals surface area contributed by atoms with E-state index in [9.17, 15) is 17.7 Å². The molecule has 0 spiro atoms. The first-order chi connectivity index (χ1) is 13.0. The highest BCUT2D eigenvalue weighted by Gasteiger charge is 2.34. The maximum absolute atomic E-state index is 13.6. The van der Waals surface area contributed by atoms with Crippen LogP contribution in [0.15, 0.2) is 54.6 Å². The van der Waals surface area contributed by atoms with Gasteiger partial charge in [-0.15, -0.1) is 0 Å². The molecule has 3 aromatic rings. The molecule has 0 bridgehead atoms. The maximum atomic E-state index is 13.6. The molecule has 0 aliphatic rings. The van der Waals surface area contributed by atoms with Crippen LogP contribution in [0.2, 0.25) is 0 Å². The fourth-order valence-electron chi connectivity index (χ4n) is 2.80. The van der Waals surface area contributed by atoms with Crippen molar-refractivity contribution in [3.05, 3.63) is 60.2 Å². The van der Waals surface area contributed by atoms with E-state index in [1.807, 2.05) is 30.3 Å². The third kappa shape index (κ3) is 4.50. The van der Waals surface area contributed by atoms with E-state index in [4.69, 9.17) is 9.47 Å². The molecule has 2 aromatic carbocycles. The van der Waals surface area contributed by atoms with Gasteiger partial charge in [0.05, 0.1) is 5.52 Å². The van der Waals surface area contributed by atoms with Gasteiger partial charge in [-0.25, -0.2) is 4.79 Å². The molecule has 0 aliphatic carbocycles. The van der Waals surface area contributed by atoms with Gasteiger partial charge in [0, 0.05) is 5.39 Å². The van der Waals surface area contributed by atoms with Gasteiger partial charge in [-0.2, -0.15) is 0 Å². The van der Waals surface area contributed by atoms with Crippen LogP contribution in [0.4, 0.5) is 17.7 Å². The molecule has 0 saturated heterocycles. The molecular formula is C20H20BF3NO3-. The molecule has 8 heteroatoms. The van der Waals surface area contributed by atoms with Crippen LogP contribution < -0.4 is 10.3 Å². The van der Waals surface area contributed by atoms with Crippen LogP contribution in [0.5, 0.6) is 5.75 Å². The third-order valence-corrected chi connectivity index (χ3v) is 3.96. The van der Waals surface area contributed by atoms with Crippen molar-refractivity contribution in [3.8, 4) is 5.75 Å². The average Bonchev–Trinajstić information content (AvgIpc) is 2.98. The zero-order chi connectivity index (χ0) is 20.5. The van der Waals surface area contributed by atoms with Gasteiger partial charge in [0.1, 0.15) is 18.0 Å². The summed E-state index contributed by atoms with van der Waals surface area (Å²) in [7, 11) is 0. The summed E-state index contributed by atoms with van der Waals surface area (Å²) in [5.41, 5.74) is -0.879. The summed E-state index contributed by atoms with van der Waals surface area (Å²) in [5.74, 6) is 0.416. The van der Waals surface area contributed by atoms with Crippen molar-refractivity contribution in [3.63, 3.8) is 0 Å². The summed E-state index contributed by atoms with van der Waals surface area (Å²) < 4.78 is 52.1. The number of halogens is 3. The minimum atomic E-state index is -5.41. The lowest BCUT2D eigenvalue weighted by Crippen LogP contribution is -2.43. The van der Waals surface area contributed by atoms with E-state index in [-0.39, 0.29) is 17.5 Å². The second-order valence-corrected chi connectivity index (χ2v) is 7.45. The van der Waals surface area contributed by atoms with Gasteiger partial charge in [0.25, 0.3) is 0 Å². The molecule has 4 nitrogen and oxygen atoms in total. The van der Waals surface area contributed by atoms with Gasteiger partial charge in [-0.1, -0.05) is 36.4 Å². The molecular weight excluding hydrogens is 370 g/mol. The van der Waals surface area contributed by atoms with E-state index < -0.39 is 24.3 Å². The number of benzene rings is 2. The van der Waals surface area contributed by atoms with Crippen molar-refractivity contribution in [2.24, 2.45) is 0 Å². The number of carbonyl (C=O) groups excluding carboxylic acids is 1. The Balaban J connectivity index is 1.97. The first-order valence-electron chi connectivity index (χ1n) is 8.80. The molecule has 0 fully saturated rings. The Kier molecular flexibility index (Phi) is 5.15. The van der Waals surface area contributed by atoms with Gasteiger partial charge < -0.3 is 22.4 Å². The Morgan fingerprint density at radius 3 is 2.32 bits per heavy atom. The molecule has 28 heavy (non-hydrogen) atoms. The van der Waals surface area contributed by atoms with E-state index in [0.717, 1.165) is 11.6 Å². The summed E-state index contributed by atoms with van der Waals surface area (Å²) in [5, 5.41) is 0.255. The van der Waals surface area contributed by atoms with Gasteiger partial charge in [0.15, 0.2) is 0 Å². The van der Waals surface area contributed by atoms with Crippen LogP contribution in [0.25, 0.3) is 10.9 Å². The topological polar surface area (TPSA) is 40.5 Å². The SMILES string of the molecule is CC(C)(C)OC(=O)n1c([B-](F)(F)F)cc2cc(OCc3ccccc3)ccc21. The molecule has 0 amide bonds. The van der Waals surface area contributed by atoms with Gasteiger partial charge in [-0.3, -0.25) is 4.57 Å². The first kappa shape index (κ1) is 19.9. The number of hydrogen-bond acceptors (Lipinski definition) is 3. The van der Waals surface area contributed by atoms with Gasteiger partial charge in [0.2, 0.25) is 0 Å². The van der Waals surface area contributed by atoms with E-state index in [0.29, 0.717) is 10.3 Å². The summed E-state index contributed by atoms with van der Waals surface area (Å²) in [4.78, 5) is 12.4. The first-order valence-corrected chi connectivity index (χ1v) is 8.80. The minimum absolute atomic E-state index is 0.121. The van der Waals surface area contributed by atoms with Crippen molar-refractivity contribution in [2.75, 3.05) is 0 Å². The Hall–Kier alpha value is -2.90. The van der Waals surface area contributed by atoms with Crippen molar-refractivity contribution in [1.29, 1.82) is 0 Å². The van der Waals surface area contributed by atoms with E-state index in [1.54, 1.807) is 26.8 Å². The molecule has 0 N–H and O–H groups in total. The molecule has 1 aromatic heterocycles. The number of aromatic nitrogens is 1. The van der Waals surface area contributed by atoms with Crippen molar-refractivity contribution in [1.82, 2.24) is 4.57 Å². The summed E-state index contributed by atoms with van der Waals surface area (Å²) >= 11 is 0. The number of nitrogens with zero attached hydrogens (tertiary/aromatic N) is 1. The van der Waals surface area contributed by atoms with Crippen LogP contribution >= 0.6 is 0 Å². The number of hydrogen-bond donors (Lipinski definition) is 0. The Bertz CT molecular complexity index is 992. The quantitative estimate of drug-likeness (QED) is 0.585. The zero-order valence-electron chi connectivity index (χ0n) is 15.8. The van der Waals surface area contributed by atoms with Crippen LogP contribution in [0.1, 0.15) is 26.3 Å². The molecule has 0 saturated carbocycles. The fourth-order valence-corrected chi connectivity index (χ4v) is 2.80. The number of fused-ring (bicyclic) bond motifs is 1. The normalized spacial score (nSPS) is 12.2. The maximum Gasteiger partial charge on any atom is 0.526 e. The highest BCUT2D eigenvalue weighted by Crippen LogP contribution is 2.25. The molecule has 0 unspecified atom stereocenters. The van der Waals surface area contributed by atoms with Crippen LogP contribution in [-0.2, 0) is 11.3 Å². The van der Waals surface area contributed by atoms with E-state index in [1.165, 1.54) is 12.1 Å². The molecule has 148 valence electrons. The van der Waals surface area contributed by atoms with Crippen molar-refractivity contribution in [2.45, 2.75) is 33.0 Å². The predicted octanol–water partition coefficient (Wildman–Crippen LogP) is 5.06. The second-order valence-electron chi connectivity index (χ2n) is 7.45. The number of carbonyl (C=O) groups is 1. The van der Waals surface area contributed by atoms with Crippen molar-refractivity contribution >= 4 is 29.6 Å². The fraction of sp³-hybridized carbons (Fsp3) is 0.250. The second kappa shape index (κ2) is 7.26. The molecule has 0 atom stereocenters. The van der Waals surface area contributed by atoms with Gasteiger partial charge in [-0.05, 0) is 50.1 Å². The smallest absolute Gasteiger partial charge is 0.489 e. The van der Waals surface area contributed by atoms with Crippen LogP contribution in [-0.4, -0.2) is 23.2 Å². The highest BCUT2D eigenvalue weighted by molar-refractivity contribution is 6.73. The summed E-state index contributed by atoms with van der Waals surface area (Å²) in [6.45, 7) is -0.317. The largest absolute Gasteiger partial charge is 0.526 e. The highest BCUT2D eigenvalue weighted by atomic mass is 19.4. The molecule has 0 radical (unpaired) electrons. The Labute approximate surface area is 160 Å². The van der Waals surface area contributed by atoms with Gasteiger partial charge >= 0.3 is 13.1 Å². The van der Waals surface area contributed by atoms with Crippen molar-refractivity contribution < 1.29 is 27.2 Å². The van der Waals surface area contributed by atoms with E-state index in [2.05, 4.69) is 0 Å². The van der Waals surface area contributed by atoms with E-state index >= 15 is 0 Å². The molecule has 3 rings (SSSR count). The lowest BCUT2D eigenvalue weighted by atomic mass is 9.86.